The maximum absolute atomic E-state index is 12.2. The third-order valence-corrected chi connectivity index (χ3v) is 5.04. The molecule has 4 nitrogen and oxygen atoms in total. The fourth-order valence-electron chi connectivity index (χ4n) is 1.72. The van der Waals surface area contributed by atoms with Crippen LogP contribution in [0.15, 0.2) is 51.8 Å². The van der Waals surface area contributed by atoms with Gasteiger partial charge < -0.3 is 4.74 Å². The summed E-state index contributed by atoms with van der Waals surface area (Å²) in [6.07, 6.45) is 0. The number of benzene rings is 2. The molecule has 0 aromatic heterocycles. The van der Waals surface area contributed by atoms with E-state index in [0.717, 1.165) is 5.56 Å². The van der Waals surface area contributed by atoms with Gasteiger partial charge in [-0.3, -0.25) is 0 Å². The lowest BCUT2D eigenvalue weighted by Crippen LogP contribution is -2.23. The Kier molecular flexibility index (Phi) is 5.27. The van der Waals surface area contributed by atoms with Gasteiger partial charge in [0.05, 0.1) is 16.5 Å². The van der Waals surface area contributed by atoms with Gasteiger partial charge in [-0.25, -0.2) is 13.1 Å². The van der Waals surface area contributed by atoms with E-state index >= 15 is 0 Å². The third kappa shape index (κ3) is 4.20. The lowest BCUT2D eigenvalue weighted by molar-refractivity contribution is 0.411. The van der Waals surface area contributed by atoms with Crippen molar-refractivity contribution in [3.63, 3.8) is 0 Å². The van der Waals surface area contributed by atoms with Crippen LogP contribution >= 0.6 is 27.5 Å². The van der Waals surface area contributed by atoms with Crippen LogP contribution < -0.4 is 9.46 Å². The largest absolute Gasteiger partial charge is 0.496 e. The Morgan fingerprint density at radius 1 is 1.24 bits per heavy atom. The molecule has 0 aliphatic heterocycles. The van der Waals surface area contributed by atoms with Crippen LogP contribution in [0, 0.1) is 0 Å². The first-order valence-electron chi connectivity index (χ1n) is 6.00. The van der Waals surface area contributed by atoms with Crippen molar-refractivity contribution in [1.82, 2.24) is 4.72 Å². The Morgan fingerprint density at radius 3 is 2.62 bits per heavy atom. The topological polar surface area (TPSA) is 55.4 Å². The molecule has 0 aliphatic carbocycles. The Labute approximate surface area is 137 Å². The molecule has 0 amide bonds. The minimum atomic E-state index is -3.60. The molecule has 112 valence electrons. The molecule has 0 spiro atoms. The fraction of sp³-hybridized carbons (Fsp3) is 0.143. The molecule has 0 bridgehead atoms. The van der Waals surface area contributed by atoms with Crippen molar-refractivity contribution in [3.8, 4) is 5.75 Å². The number of nitrogens with one attached hydrogen (secondary N) is 1. The van der Waals surface area contributed by atoms with Gasteiger partial charge in [-0.05, 0) is 51.8 Å². The molecule has 0 saturated heterocycles. The number of methoxy groups -OCH3 is 1. The van der Waals surface area contributed by atoms with Gasteiger partial charge in [-0.1, -0.05) is 23.7 Å². The van der Waals surface area contributed by atoms with E-state index in [0.29, 0.717) is 15.2 Å². The van der Waals surface area contributed by atoms with Crippen LogP contribution in [0.2, 0.25) is 5.02 Å². The number of hydrogen-bond donors (Lipinski definition) is 1. The maximum Gasteiger partial charge on any atom is 0.240 e. The maximum atomic E-state index is 12.2. The Morgan fingerprint density at radius 2 is 2.00 bits per heavy atom. The monoisotopic (exact) mass is 389 g/mol. The summed E-state index contributed by atoms with van der Waals surface area (Å²) in [6.45, 7) is 0.173. The summed E-state index contributed by atoms with van der Waals surface area (Å²) in [5.41, 5.74) is 0.790. The summed E-state index contributed by atoms with van der Waals surface area (Å²) in [5.74, 6) is 0.573. The van der Waals surface area contributed by atoms with Crippen LogP contribution in [0.25, 0.3) is 0 Å². The van der Waals surface area contributed by atoms with Gasteiger partial charge in [-0.15, -0.1) is 0 Å². The second-order valence-electron chi connectivity index (χ2n) is 4.25. The second kappa shape index (κ2) is 6.79. The summed E-state index contributed by atoms with van der Waals surface area (Å²) >= 11 is 9.14. The average molecular weight is 391 g/mol. The molecule has 21 heavy (non-hydrogen) atoms. The van der Waals surface area contributed by atoms with Gasteiger partial charge in [0, 0.05) is 11.6 Å². The predicted molar refractivity (Wildman–Crippen MR) is 86.2 cm³/mol. The number of sulfonamides is 1. The highest BCUT2D eigenvalue weighted by molar-refractivity contribution is 9.10. The van der Waals surface area contributed by atoms with Crippen LogP contribution in [0.4, 0.5) is 0 Å². The van der Waals surface area contributed by atoms with Crippen LogP contribution in [-0.2, 0) is 16.6 Å². The molecule has 2 aromatic rings. The first-order chi connectivity index (χ1) is 9.92. The molecule has 0 aliphatic rings. The highest BCUT2D eigenvalue weighted by atomic mass is 79.9. The number of halogens is 2. The molecular formula is C14H13BrClNO3S. The second-order valence-corrected chi connectivity index (χ2v) is 7.31. The lowest BCUT2D eigenvalue weighted by atomic mass is 10.2. The van der Waals surface area contributed by atoms with Gasteiger partial charge in [0.25, 0.3) is 0 Å². The van der Waals surface area contributed by atoms with Crippen molar-refractivity contribution in [2.75, 3.05) is 7.11 Å². The average Bonchev–Trinajstić information content (AvgIpc) is 2.45. The molecule has 0 saturated carbocycles. The zero-order chi connectivity index (χ0) is 15.5. The quantitative estimate of drug-likeness (QED) is 0.849. The fourth-order valence-corrected chi connectivity index (χ4v) is 3.67. The predicted octanol–water partition coefficient (Wildman–Crippen LogP) is 3.59. The Hall–Kier alpha value is -1.08. The molecule has 0 radical (unpaired) electrons. The summed E-state index contributed by atoms with van der Waals surface area (Å²) in [5, 5.41) is 0.568. The van der Waals surface area contributed by atoms with Crippen molar-refractivity contribution in [2.45, 2.75) is 11.4 Å². The summed E-state index contributed by atoms with van der Waals surface area (Å²) in [6, 6.07) is 11.6. The van der Waals surface area contributed by atoms with E-state index in [1.807, 2.05) is 0 Å². The minimum absolute atomic E-state index is 0.164. The number of ether oxygens (including phenoxy) is 1. The van der Waals surface area contributed by atoms with Crippen molar-refractivity contribution in [2.24, 2.45) is 0 Å². The van der Waals surface area contributed by atoms with Gasteiger partial charge in [-0.2, -0.15) is 0 Å². The van der Waals surface area contributed by atoms with E-state index in [4.69, 9.17) is 16.3 Å². The molecule has 1 N–H and O–H groups in total. The smallest absolute Gasteiger partial charge is 0.240 e. The highest BCUT2D eigenvalue weighted by Crippen LogP contribution is 2.27. The molecule has 2 rings (SSSR count). The normalized spacial score (nSPS) is 11.4. The molecule has 0 atom stereocenters. The van der Waals surface area contributed by atoms with Crippen LogP contribution in [0.1, 0.15) is 5.56 Å². The molecule has 0 heterocycles. The zero-order valence-corrected chi connectivity index (χ0v) is 14.3. The van der Waals surface area contributed by atoms with E-state index in [1.54, 1.807) is 30.3 Å². The Bertz CT molecular complexity index is 750. The van der Waals surface area contributed by atoms with Gasteiger partial charge in [0.2, 0.25) is 10.0 Å². The number of hydrogen-bond acceptors (Lipinski definition) is 3. The summed E-state index contributed by atoms with van der Waals surface area (Å²) in [4.78, 5) is 0.164. The van der Waals surface area contributed by atoms with E-state index in [9.17, 15) is 8.42 Å². The van der Waals surface area contributed by atoms with Gasteiger partial charge >= 0.3 is 0 Å². The van der Waals surface area contributed by atoms with Crippen molar-refractivity contribution in [1.29, 1.82) is 0 Å². The van der Waals surface area contributed by atoms with E-state index < -0.39 is 10.0 Å². The van der Waals surface area contributed by atoms with Gasteiger partial charge in [0.1, 0.15) is 5.75 Å². The third-order valence-electron chi connectivity index (χ3n) is 2.79. The molecule has 0 fully saturated rings. The summed E-state index contributed by atoms with van der Waals surface area (Å²) in [7, 11) is -2.08. The number of rotatable bonds is 5. The van der Waals surface area contributed by atoms with Crippen molar-refractivity contribution < 1.29 is 13.2 Å². The van der Waals surface area contributed by atoms with Crippen LogP contribution in [0.5, 0.6) is 5.75 Å². The zero-order valence-electron chi connectivity index (χ0n) is 11.1. The van der Waals surface area contributed by atoms with Crippen LogP contribution in [-0.4, -0.2) is 15.5 Å². The van der Waals surface area contributed by atoms with E-state index in [-0.39, 0.29) is 11.4 Å². The SMILES string of the molecule is COc1ccc(S(=O)(=O)NCc2cccc(Cl)c2)cc1Br. The lowest BCUT2D eigenvalue weighted by Gasteiger charge is -2.09. The standard InChI is InChI=1S/C14H13BrClNO3S/c1-20-14-6-5-12(8-13(14)15)21(18,19)17-9-10-3-2-4-11(16)7-10/h2-8,17H,9H2,1H3. The van der Waals surface area contributed by atoms with Crippen LogP contribution in [0.3, 0.4) is 0 Å². The first kappa shape index (κ1) is 16.3. The molecule has 2 aromatic carbocycles. The first-order valence-corrected chi connectivity index (χ1v) is 8.65. The van der Waals surface area contributed by atoms with E-state index in [2.05, 4.69) is 20.7 Å². The molecular weight excluding hydrogens is 378 g/mol. The van der Waals surface area contributed by atoms with Crippen molar-refractivity contribution >= 4 is 37.6 Å². The van der Waals surface area contributed by atoms with Crippen molar-refractivity contribution in [3.05, 3.63) is 57.5 Å². The highest BCUT2D eigenvalue weighted by Gasteiger charge is 2.15. The molecule has 0 unspecified atom stereocenters. The summed E-state index contributed by atoms with van der Waals surface area (Å²) < 4.78 is 32.7. The minimum Gasteiger partial charge on any atom is -0.496 e. The van der Waals surface area contributed by atoms with E-state index in [1.165, 1.54) is 19.2 Å². The van der Waals surface area contributed by atoms with Gasteiger partial charge in [0.15, 0.2) is 0 Å². The Balaban J connectivity index is 2.17. The molecule has 7 heteroatoms.